The van der Waals surface area contributed by atoms with Crippen molar-refractivity contribution in [2.75, 3.05) is 0 Å². The van der Waals surface area contributed by atoms with E-state index >= 15 is 0 Å². The highest BCUT2D eigenvalue weighted by molar-refractivity contribution is 6.91. The van der Waals surface area contributed by atoms with Crippen LogP contribution in [0.1, 0.15) is 6.42 Å². The maximum atomic E-state index is 6.92. The summed E-state index contributed by atoms with van der Waals surface area (Å²) in [6, 6.07) is 1.58. The Hall–Kier alpha value is 1.50. The lowest BCUT2D eigenvalue weighted by atomic mass is 10.6. The fraction of sp³-hybridized carbons (Fsp3) is 1.00. The van der Waals surface area contributed by atoms with Gasteiger partial charge < -0.3 is 24.7 Å². The van der Waals surface area contributed by atoms with Gasteiger partial charge in [0, 0.05) is 12.1 Å². The van der Waals surface area contributed by atoms with E-state index in [1.54, 1.807) is 0 Å². The molecular formula is C21H60O6Si8. The first-order valence-corrected chi connectivity index (χ1v) is 37.5. The standard InChI is InChI=1S/C21H60O6Si8/c1-28(2,3)22-34(23-29(4,5)6,24-30(7,8)9)20-19-21-35(25-31(10,11)12,26-32(13,14)15)27-33(16,17)18/h19-21H2,1-18H3. The summed E-state index contributed by atoms with van der Waals surface area (Å²) in [7, 11) is -17.3. The molecule has 0 fully saturated rings. The Bertz CT molecular complexity index is 514. The van der Waals surface area contributed by atoms with Crippen molar-refractivity contribution in [1.29, 1.82) is 0 Å². The Morgan fingerprint density at radius 1 is 0.286 bits per heavy atom. The summed E-state index contributed by atoms with van der Waals surface area (Å²) in [5, 5.41) is 0. The maximum absolute atomic E-state index is 6.92. The van der Waals surface area contributed by atoms with Gasteiger partial charge in [0.25, 0.3) is 0 Å². The lowest BCUT2D eigenvalue weighted by Crippen LogP contribution is -2.62. The minimum Gasteiger partial charge on any atom is -0.417 e. The van der Waals surface area contributed by atoms with E-state index in [9.17, 15) is 0 Å². The first-order valence-electron chi connectivity index (χ1n) is 13.2. The molecule has 14 heteroatoms. The molecule has 0 saturated carbocycles. The van der Waals surface area contributed by atoms with Crippen molar-refractivity contribution < 1.29 is 24.7 Å². The molecule has 212 valence electrons. The molecule has 0 heterocycles. The van der Waals surface area contributed by atoms with Crippen molar-refractivity contribution in [2.24, 2.45) is 0 Å². The summed E-state index contributed by atoms with van der Waals surface area (Å²) in [5.41, 5.74) is 0. The first-order chi connectivity index (χ1) is 14.9. The predicted octanol–water partition coefficient (Wildman–Crippen LogP) is 8.36. The summed E-state index contributed by atoms with van der Waals surface area (Å²) >= 11 is 0. The molecule has 0 saturated heterocycles. The molecule has 0 amide bonds. The van der Waals surface area contributed by atoms with Gasteiger partial charge in [-0.1, -0.05) is 0 Å². The van der Waals surface area contributed by atoms with Crippen molar-refractivity contribution in [1.82, 2.24) is 0 Å². The van der Waals surface area contributed by atoms with E-state index in [1.165, 1.54) is 0 Å². The van der Waals surface area contributed by atoms with E-state index < -0.39 is 67.5 Å². The highest BCUT2D eigenvalue weighted by Crippen LogP contribution is 2.35. The van der Waals surface area contributed by atoms with Crippen LogP contribution in [-0.2, 0) is 24.7 Å². The van der Waals surface area contributed by atoms with Crippen LogP contribution in [0.25, 0.3) is 0 Å². The molecule has 0 spiro atoms. The van der Waals surface area contributed by atoms with Gasteiger partial charge >= 0.3 is 17.6 Å². The maximum Gasteiger partial charge on any atom is 0.469 e. The largest absolute Gasteiger partial charge is 0.469 e. The van der Waals surface area contributed by atoms with Crippen LogP contribution >= 0.6 is 0 Å². The third-order valence-corrected chi connectivity index (χ3v) is 27.8. The second kappa shape index (κ2) is 12.3. The lowest BCUT2D eigenvalue weighted by molar-refractivity contribution is 0.242. The molecule has 35 heavy (non-hydrogen) atoms. The van der Waals surface area contributed by atoms with Crippen molar-refractivity contribution in [3.63, 3.8) is 0 Å². The normalized spacial score (nSPS) is 15.6. The molecule has 6 nitrogen and oxygen atoms in total. The quantitative estimate of drug-likeness (QED) is 0.159. The van der Waals surface area contributed by atoms with Crippen LogP contribution in [0.3, 0.4) is 0 Å². The van der Waals surface area contributed by atoms with E-state index in [1.807, 2.05) is 0 Å². The van der Waals surface area contributed by atoms with Crippen LogP contribution in [0, 0.1) is 0 Å². The van der Waals surface area contributed by atoms with Crippen LogP contribution < -0.4 is 0 Å². The molecule has 0 aliphatic heterocycles. The number of hydrogen-bond acceptors (Lipinski definition) is 6. The molecule has 0 bridgehead atoms. The van der Waals surface area contributed by atoms with E-state index in [2.05, 4.69) is 118 Å². The Balaban J connectivity index is 6.35. The van der Waals surface area contributed by atoms with Crippen molar-refractivity contribution >= 4 is 67.5 Å². The van der Waals surface area contributed by atoms with E-state index in [4.69, 9.17) is 24.7 Å². The zero-order valence-corrected chi connectivity index (χ0v) is 34.6. The minimum absolute atomic E-state index is 0.791. The highest BCUT2D eigenvalue weighted by atomic mass is 28.5. The molecule has 0 aromatic heterocycles. The van der Waals surface area contributed by atoms with Crippen LogP contribution in [0.5, 0.6) is 0 Å². The fourth-order valence-corrected chi connectivity index (χ4v) is 33.4. The van der Waals surface area contributed by atoms with Crippen molar-refractivity contribution in [3.05, 3.63) is 0 Å². The molecule has 0 aliphatic carbocycles. The van der Waals surface area contributed by atoms with Crippen molar-refractivity contribution in [2.45, 2.75) is 136 Å². The van der Waals surface area contributed by atoms with Crippen molar-refractivity contribution in [3.8, 4) is 0 Å². The molecule has 0 unspecified atom stereocenters. The summed E-state index contributed by atoms with van der Waals surface area (Å²) in [4.78, 5) is 0. The number of rotatable bonds is 16. The van der Waals surface area contributed by atoms with E-state index in [0.717, 1.165) is 18.5 Å². The zero-order chi connectivity index (χ0) is 28.4. The van der Waals surface area contributed by atoms with Gasteiger partial charge in [-0.05, 0) is 124 Å². The molecule has 0 rings (SSSR count). The van der Waals surface area contributed by atoms with Gasteiger partial charge in [0.1, 0.15) is 0 Å². The monoisotopic (exact) mass is 632 g/mol. The van der Waals surface area contributed by atoms with Gasteiger partial charge in [0.15, 0.2) is 49.9 Å². The average molecular weight is 633 g/mol. The van der Waals surface area contributed by atoms with Crippen LogP contribution in [0.15, 0.2) is 0 Å². The molecular weight excluding hydrogens is 573 g/mol. The lowest BCUT2D eigenvalue weighted by Gasteiger charge is -2.44. The Kier molecular flexibility index (Phi) is 12.9. The summed E-state index contributed by atoms with van der Waals surface area (Å²) in [6.07, 6.45) is 0.872. The molecule has 0 aliphatic rings. The van der Waals surface area contributed by atoms with Crippen LogP contribution in [0.4, 0.5) is 0 Å². The Morgan fingerprint density at radius 2 is 0.429 bits per heavy atom. The third kappa shape index (κ3) is 19.2. The molecule has 0 radical (unpaired) electrons. The van der Waals surface area contributed by atoms with E-state index in [0.29, 0.717) is 0 Å². The summed E-state index contributed by atoms with van der Waals surface area (Å²) < 4.78 is 41.5. The SMILES string of the molecule is C[Si](C)(C)O[Si](CCC[Si](O[Si](C)(C)C)(O[Si](C)(C)C)O[Si](C)(C)C)(O[Si](C)(C)C)O[Si](C)(C)C. The van der Waals surface area contributed by atoms with Crippen LogP contribution in [-0.4, -0.2) is 67.5 Å². The second-order valence-electron chi connectivity index (χ2n) is 15.5. The van der Waals surface area contributed by atoms with Gasteiger partial charge in [0.2, 0.25) is 0 Å². The van der Waals surface area contributed by atoms with E-state index in [-0.39, 0.29) is 0 Å². The van der Waals surface area contributed by atoms with Gasteiger partial charge in [0.05, 0.1) is 0 Å². The molecule has 0 atom stereocenters. The molecule has 0 N–H and O–H groups in total. The van der Waals surface area contributed by atoms with Gasteiger partial charge in [-0.25, -0.2) is 0 Å². The van der Waals surface area contributed by atoms with Crippen LogP contribution in [0.2, 0.25) is 130 Å². The second-order valence-corrected chi connectivity index (χ2v) is 49.5. The Morgan fingerprint density at radius 3 is 0.543 bits per heavy atom. The van der Waals surface area contributed by atoms with Gasteiger partial charge in [-0.2, -0.15) is 0 Å². The predicted molar refractivity (Wildman–Crippen MR) is 172 cm³/mol. The molecule has 0 aromatic rings. The Labute approximate surface area is 227 Å². The third-order valence-electron chi connectivity index (χ3n) is 3.74. The smallest absolute Gasteiger partial charge is 0.417 e. The zero-order valence-electron chi connectivity index (χ0n) is 26.6. The van der Waals surface area contributed by atoms with Gasteiger partial charge in [-0.3, -0.25) is 0 Å². The molecule has 0 aromatic carbocycles. The number of hydrogen-bond donors (Lipinski definition) is 0. The fourth-order valence-electron chi connectivity index (χ4n) is 3.75. The summed E-state index contributed by atoms with van der Waals surface area (Å²) in [5.74, 6) is 0. The first kappa shape index (κ1) is 36.5. The van der Waals surface area contributed by atoms with Gasteiger partial charge in [-0.15, -0.1) is 0 Å². The minimum atomic E-state index is -2.90. The summed E-state index contributed by atoms with van der Waals surface area (Å²) in [6.45, 7) is 40.4. The topological polar surface area (TPSA) is 55.4 Å². The highest BCUT2D eigenvalue weighted by Gasteiger charge is 2.53. The average Bonchev–Trinajstić information content (AvgIpc) is 2.33.